The Morgan fingerprint density at radius 2 is 2.20 bits per heavy atom. The number of aryl methyl sites for hydroxylation is 1. The van der Waals surface area contributed by atoms with Crippen molar-refractivity contribution in [2.24, 2.45) is 12.8 Å². The number of hydrogen-bond acceptors (Lipinski definition) is 5. The number of nitrogens with two attached hydrogens (primary N) is 1. The van der Waals surface area contributed by atoms with Crippen LogP contribution in [-0.4, -0.2) is 33.7 Å². The highest BCUT2D eigenvalue weighted by Crippen LogP contribution is 2.30. The summed E-state index contributed by atoms with van der Waals surface area (Å²) in [7, 11) is 1.97. The predicted octanol–water partition coefficient (Wildman–Crippen LogP) is 0.618. The molecule has 1 fully saturated rings. The van der Waals surface area contributed by atoms with Crippen molar-refractivity contribution in [2.45, 2.75) is 12.0 Å². The van der Waals surface area contributed by atoms with Gasteiger partial charge in [0, 0.05) is 50.2 Å². The Balaban J connectivity index is 1.89. The summed E-state index contributed by atoms with van der Waals surface area (Å²) in [6.45, 7) is 1.50. The Kier molecular flexibility index (Phi) is 3.12. The molecule has 0 spiro atoms. The maximum Gasteiger partial charge on any atom is 0.101 e. The molecule has 1 aliphatic heterocycles. The first-order valence-electron chi connectivity index (χ1n) is 6.51. The van der Waals surface area contributed by atoms with Crippen LogP contribution in [0.1, 0.15) is 17.2 Å². The molecule has 20 heavy (non-hydrogen) atoms. The molecule has 3 heterocycles. The lowest BCUT2D eigenvalue weighted by molar-refractivity contribution is 0.611. The van der Waals surface area contributed by atoms with E-state index in [0.29, 0.717) is 5.56 Å². The first-order chi connectivity index (χ1) is 9.70. The van der Waals surface area contributed by atoms with Crippen LogP contribution in [0, 0.1) is 11.3 Å². The van der Waals surface area contributed by atoms with Gasteiger partial charge >= 0.3 is 0 Å². The van der Waals surface area contributed by atoms with E-state index in [-0.39, 0.29) is 12.0 Å². The zero-order valence-electron chi connectivity index (χ0n) is 11.3. The van der Waals surface area contributed by atoms with Crippen LogP contribution in [0.4, 0.5) is 5.69 Å². The van der Waals surface area contributed by atoms with Gasteiger partial charge in [0.05, 0.1) is 23.8 Å². The van der Waals surface area contributed by atoms with Crippen molar-refractivity contribution < 1.29 is 0 Å². The molecule has 6 nitrogen and oxygen atoms in total. The molecule has 2 N–H and O–H groups in total. The van der Waals surface area contributed by atoms with Gasteiger partial charge in [-0.1, -0.05) is 0 Å². The maximum absolute atomic E-state index is 9.19. The van der Waals surface area contributed by atoms with Gasteiger partial charge in [-0.25, -0.2) is 4.98 Å². The van der Waals surface area contributed by atoms with Crippen LogP contribution in [-0.2, 0) is 7.05 Å². The van der Waals surface area contributed by atoms with Crippen molar-refractivity contribution in [1.82, 2.24) is 14.5 Å². The van der Waals surface area contributed by atoms with Crippen molar-refractivity contribution in [3.05, 3.63) is 42.2 Å². The topological polar surface area (TPSA) is 83.8 Å². The van der Waals surface area contributed by atoms with Gasteiger partial charge in [-0.05, 0) is 6.07 Å². The van der Waals surface area contributed by atoms with Crippen LogP contribution in [0.3, 0.4) is 0 Å². The lowest BCUT2D eigenvalue weighted by atomic mass is 10.0. The average molecular weight is 268 g/mol. The third kappa shape index (κ3) is 2.02. The molecule has 3 rings (SSSR count). The molecular formula is C14H16N6. The Morgan fingerprint density at radius 3 is 2.90 bits per heavy atom. The molecule has 2 aromatic rings. The number of pyridine rings is 1. The van der Waals surface area contributed by atoms with Gasteiger partial charge in [-0.15, -0.1) is 0 Å². The largest absolute Gasteiger partial charge is 0.367 e. The number of hydrogen-bond donors (Lipinski definition) is 1. The van der Waals surface area contributed by atoms with Crippen molar-refractivity contribution in [2.75, 3.05) is 18.0 Å². The second-order valence-corrected chi connectivity index (χ2v) is 5.11. The monoisotopic (exact) mass is 268 g/mol. The Bertz CT molecular complexity index is 656. The summed E-state index contributed by atoms with van der Waals surface area (Å²) in [6.07, 6.45) is 7.02. The number of nitriles is 1. The third-order valence-electron chi connectivity index (χ3n) is 3.86. The maximum atomic E-state index is 9.19. The van der Waals surface area contributed by atoms with E-state index in [1.165, 1.54) is 0 Å². The SMILES string of the molecule is Cn1cncc1[C@@H]1CN(c2cnccc2C#N)C[C@H]1N. The normalized spacial score (nSPS) is 21.9. The van der Waals surface area contributed by atoms with E-state index in [1.807, 2.05) is 17.8 Å². The van der Waals surface area contributed by atoms with Gasteiger partial charge in [-0.2, -0.15) is 5.26 Å². The average Bonchev–Trinajstić information content (AvgIpc) is 3.04. The first kappa shape index (κ1) is 12.6. The molecule has 0 saturated carbocycles. The molecule has 2 aromatic heterocycles. The second kappa shape index (κ2) is 4.94. The van der Waals surface area contributed by atoms with Crippen LogP contribution in [0.2, 0.25) is 0 Å². The Morgan fingerprint density at radius 1 is 1.35 bits per heavy atom. The van der Waals surface area contributed by atoms with Crippen LogP contribution in [0.25, 0.3) is 0 Å². The molecule has 0 amide bonds. The summed E-state index contributed by atoms with van der Waals surface area (Å²) in [4.78, 5) is 10.4. The van der Waals surface area contributed by atoms with E-state index in [9.17, 15) is 5.26 Å². The zero-order chi connectivity index (χ0) is 14.1. The van der Waals surface area contributed by atoms with Crippen molar-refractivity contribution in [3.8, 4) is 6.07 Å². The summed E-state index contributed by atoms with van der Waals surface area (Å²) in [6, 6.07) is 3.97. The fourth-order valence-electron chi connectivity index (χ4n) is 2.80. The lowest BCUT2D eigenvalue weighted by Crippen LogP contribution is -2.29. The number of nitrogens with zero attached hydrogens (tertiary/aromatic N) is 5. The van der Waals surface area contributed by atoms with Crippen molar-refractivity contribution in [3.63, 3.8) is 0 Å². The molecule has 1 aliphatic rings. The highest BCUT2D eigenvalue weighted by Gasteiger charge is 2.33. The van der Waals surface area contributed by atoms with Gasteiger partial charge in [0.15, 0.2) is 0 Å². The van der Waals surface area contributed by atoms with E-state index >= 15 is 0 Å². The molecule has 2 atom stereocenters. The van der Waals surface area contributed by atoms with Gasteiger partial charge in [0.25, 0.3) is 0 Å². The van der Waals surface area contributed by atoms with E-state index < -0.39 is 0 Å². The van der Waals surface area contributed by atoms with Gasteiger partial charge < -0.3 is 15.2 Å². The highest BCUT2D eigenvalue weighted by atomic mass is 15.2. The Hall–Kier alpha value is -2.39. The fourth-order valence-corrected chi connectivity index (χ4v) is 2.80. The first-order valence-corrected chi connectivity index (χ1v) is 6.51. The van der Waals surface area contributed by atoms with E-state index in [0.717, 1.165) is 24.5 Å². The van der Waals surface area contributed by atoms with Gasteiger partial charge in [0.2, 0.25) is 0 Å². The summed E-state index contributed by atoms with van der Waals surface area (Å²) in [5, 5.41) is 9.19. The quantitative estimate of drug-likeness (QED) is 0.863. The van der Waals surface area contributed by atoms with Gasteiger partial charge in [-0.3, -0.25) is 4.98 Å². The molecule has 102 valence electrons. The molecule has 0 radical (unpaired) electrons. The van der Waals surface area contributed by atoms with E-state index in [2.05, 4.69) is 20.9 Å². The summed E-state index contributed by atoms with van der Waals surface area (Å²) < 4.78 is 2.00. The second-order valence-electron chi connectivity index (χ2n) is 5.11. The van der Waals surface area contributed by atoms with Gasteiger partial charge in [0.1, 0.15) is 6.07 Å². The standard InChI is InChI=1S/C14H16N6/c1-19-9-18-6-14(19)11-7-20(8-12(11)16)13-5-17-3-2-10(13)4-15/h2-3,5-6,9,11-12H,7-8,16H2,1H3/t11-,12-/m1/s1. The molecule has 6 heteroatoms. The lowest BCUT2D eigenvalue weighted by Gasteiger charge is -2.19. The molecule has 0 unspecified atom stereocenters. The number of anilines is 1. The fraction of sp³-hybridized carbons (Fsp3) is 0.357. The summed E-state index contributed by atoms with van der Waals surface area (Å²) >= 11 is 0. The minimum absolute atomic E-state index is 0.0251. The van der Waals surface area contributed by atoms with E-state index in [4.69, 9.17) is 5.73 Å². The third-order valence-corrected chi connectivity index (χ3v) is 3.86. The minimum atomic E-state index is 0.0251. The molecule has 0 bridgehead atoms. The van der Waals surface area contributed by atoms with Crippen LogP contribution in [0.5, 0.6) is 0 Å². The number of rotatable bonds is 2. The number of imidazole rings is 1. The summed E-state index contributed by atoms with van der Waals surface area (Å²) in [5.41, 5.74) is 8.89. The molecule has 0 aromatic carbocycles. The highest BCUT2D eigenvalue weighted by molar-refractivity contribution is 5.59. The molecule has 0 aliphatic carbocycles. The van der Waals surface area contributed by atoms with Crippen molar-refractivity contribution in [1.29, 1.82) is 5.26 Å². The van der Waals surface area contributed by atoms with Crippen LogP contribution >= 0.6 is 0 Å². The minimum Gasteiger partial charge on any atom is -0.367 e. The predicted molar refractivity (Wildman–Crippen MR) is 75.1 cm³/mol. The summed E-state index contributed by atoms with van der Waals surface area (Å²) in [5.74, 6) is 0.217. The van der Waals surface area contributed by atoms with E-state index in [1.54, 1.807) is 24.8 Å². The van der Waals surface area contributed by atoms with Crippen LogP contribution < -0.4 is 10.6 Å². The van der Waals surface area contributed by atoms with Crippen LogP contribution in [0.15, 0.2) is 31.0 Å². The zero-order valence-corrected chi connectivity index (χ0v) is 11.3. The smallest absolute Gasteiger partial charge is 0.101 e. The number of aromatic nitrogens is 3. The Labute approximate surface area is 117 Å². The van der Waals surface area contributed by atoms with Crippen molar-refractivity contribution >= 4 is 5.69 Å². The molecule has 1 saturated heterocycles. The molecular weight excluding hydrogens is 252 g/mol.